The van der Waals surface area contributed by atoms with Crippen LogP contribution in [0.5, 0.6) is 17.2 Å². The molecule has 4 aromatic rings. The van der Waals surface area contributed by atoms with Crippen molar-refractivity contribution in [2.75, 3.05) is 32.4 Å². The number of rotatable bonds is 7. The molecule has 0 atom stereocenters. The number of methoxy groups -OCH3 is 3. The van der Waals surface area contributed by atoms with Gasteiger partial charge in [0.15, 0.2) is 17.2 Å². The summed E-state index contributed by atoms with van der Waals surface area (Å²) in [5, 5.41) is 15.6. The Morgan fingerprint density at radius 1 is 1.06 bits per heavy atom. The van der Waals surface area contributed by atoms with E-state index in [4.69, 9.17) is 19.9 Å². The average Bonchev–Trinajstić information content (AvgIpc) is 3.26. The number of nitro groups is 1. The highest BCUT2D eigenvalue weighted by Crippen LogP contribution is 2.41. The van der Waals surface area contributed by atoms with E-state index in [0.29, 0.717) is 28.5 Å². The van der Waals surface area contributed by atoms with Crippen LogP contribution in [0.3, 0.4) is 0 Å². The molecule has 0 saturated carbocycles. The van der Waals surface area contributed by atoms with Crippen molar-refractivity contribution in [3.8, 4) is 28.5 Å². The Kier molecular flexibility index (Phi) is 5.37. The van der Waals surface area contributed by atoms with Crippen LogP contribution in [0.2, 0.25) is 0 Å². The minimum atomic E-state index is -0.584. The summed E-state index contributed by atoms with van der Waals surface area (Å²) in [7, 11) is 4.50. The first kappa shape index (κ1) is 20.7. The first-order valence-electron chi connectivity index (χ1n) is 9.42. The number of nitrogens with zero attached hydrogens (tertiary/aromatic N) is 3. The lowest BCUT2D eigenvalue weighted by molar-refractivity contribution is -0.383. The van der Waals surface area contributed by atoms with Gasteiger partial charge in [-0.15, -0.1) is 0 Å². The standard InChI is InChI=1S/C21H20N6O5/c1-30-15-9-11(10-16(31-2)19(15)32-3)24-21-25-17(18(27(28)29)20(22)26-21)13-5-4-6-14-12(13)7-8-23-14/h4-10,23H,1-3H3,(H3,22,24,25,26). The molecule has 2 heterocycles. The van der Waals surface area contributed by atoms with Gasteiger partial charge in [0.25, 0.3) is 0 Å². The van der Waals surface area contributed by atoms with E-state index in [9.17, 15) is 10.1 Å². The van der Waals surface area contributed by atoms with Crippen molar-refractivity contribution < 1.29 is 19.1 Å². The van der Waals surface area contributed by atoms with E-state index in [-0.39, 0.29) is 23.1 Å². The van der Waals surface area contributed by atoms with Gasteiger partial charge in [-0.3, -0.25) is 10.1 Å². The summed E-state index contributed by atoms with van der Waals surface area (Å²) in [6.45, 7) is 0. The van der Waals surface area contributed by atoms with Gasteiger partial charge in [-0.05, 0) is 12.1 Å². The monoisotopic (exact) mass is 436 g/mol. The lowest BCUT2D eigenvalue weighted by Gasteiger charge is -2.15. The van der Waals surface area contributed by atoms with Crippen molar-refractivity contribution in [1.82, 2.24) is 15.0 Å². The van der Waals surface area contributed by atoms with Crippen molar-refractivity contribution in [2.24, 2.45) is 0 Å². The number of anilines is 3. The van der Waals surface area contributed by atoms with Crippen molar-refractivity contribution in [1.29, 1.82) is 0 Å². The molecule has 164 valence electrons. The number of nitrogens with one attached hydrogen (secondary N) is 2. The third-order valence-electron chi connectivity index (χ3n) is 4.86. The molecule has 2 aromatic carbocycles. The zero-order chi connectivity index (χ0) is 22.8. The zero-order valence-electron chi connectivity index (χ0n) is 17.5. The van der Waals surface area contributed by atoms with Gasteiger partial charge in [-0.1, -0.05) is 12.1 Å². The van der Waals surface area contributed by atoms with Gasteiger partial charge >= 0.3 is 5.69 Å². The van der Waals surface area contributed by atoms with Crippen molar-refractivity contribution in [3.63, 3.8) is 0 Å². The quantitative estimate of drug-likeness (QED) is 0.289. The highest BCUT2D eigenvalue weighted by molar-refractivity contribution is 5.97. The zero-order valence-corrected chi connectivity index (χ0v) is 17.5. The Balaban J connectivity index is 1.86. The first-order valence-corrected chi connectivity index (χ1v) is 9.42. The molecule has 11 heteroatoms. The summed E-state index contributed by atoms with van der Waals surface area (Å²) in [6, 6.07) is 10.5. The predicted octanol–water partition coefficient (Wildman–Crippen LogP) is 3.88. The minimum absolute atomic E-state index is 0.0740. The number of aromatic amines is 1. The highest BCUT2D eigenvalue weighted by atomic mass is 16.6. The number of ether oxygens (including phenoxy) is 3. The predicted molar refractivity (Wildman–Crippen MR) is 120 cm³/mol. The Hall–Kier alpha value is -4.54. The number of hydrogen-bond acceptors (Lipinski definition) is 9. The molecule has 0 fully saturated rings. The van der Waals surface area contributed by atoms with Crippen LogP contribution in [0.25, 0.3) is 22.2 Å². The number of benzene rings is 2. The van der Waals surface area contributed by atoms with Crippen LogP contribution >= 0.6 is 0 Å². The van der Waals surface area contributed by atoms with Gasteiger partial charge in [0.05, 0.1) is 26.3 Å². The number of aromatic nitrogens is 3. The Labute approximate surface area is 182 Å². The molecule has 0 radical (unpaired) electrons. The van der Waals surface area contributed by atoms with Gasteiger partial charge < -0.3 is 30.2 Å². The normalized spacial score (nSPS) is 10.7. The van der Waals surface area contributed by atoms with Crippen molar-refractivity contribution in [3.05, 3.63) is 52.7 Å². The van der Waals surface area contributed by atoms with Crippen LogP contribution in [-0.2, 0) is 0 Å². The average molecular weight is 436 g/mol. The number of nitrogen functional groups attached to an aromatic ring is 1. The number of nitrogens with two attached hydrogens (primary N) is 1. The lowest BCUT2D eigenvalue weighted by atomic mass is 10.1. The Bertz CT molecular complexity index is 1290. The van der Waals surface area contributed by atoms with Crippen LogP contribution in [0, 0.1) is 10.1 Å². The summed E-state index contributed by atoms with van der Waals surface area (Å²) < 4.78 is 16.0. The van der Waals surface area contributed by atoms with Crippen LogP contribution < -0.4 is 25.3 Å². The molecule has 2 aromatic heterocycles. The van der Waals surface area contributed by atoms with Crippen LogP contribution in [0.4, 0.5) is 23.1 Å². The molecule has 0 amide bonds. The molecule has 0 bridgehead atoms. The second kappa shape index (κ2) is 8.30. The van der Waals surface area contributed by atoms with Gasteiger partial charge in [0.1, 0.15) is 0 Å². The molecular formula is C21H20N6O5. The molecule has 4 N–H and O–H groups in total. The molecule has 0 unspecified atom stereocenters. The summed E-state index contributed by atoms with van der Waals surface area (Å²) in [5.74, 6) is 1.07. The highest BCUT2D eigenvalue weighted by Gasteiger charge is 2.26. The fourth-order valence-corrected chi connectivity index (χ4v) is 3.47. The van der Waals surface area contributed by atoms with Gasteiger partial charge in [0, 0.05) is 40.5 Å². The molecule has 0 saturated heterocycles. The fourth-order valence-electron chi connectivity index (χ4n) is 3.47. The maximum Gasteiger partial charge on any atom is 0.337 e. The van der Waals surface area contributed by atoms with Crippen LogP contribution in [0.1, 0.15) is 0 Å². The summed E-state index contributed by atoms with van der Waals surface area (Å²) in [4.78, 5) is 22.8. The second-order valence-electron chi connectivity index (χ2n) is 6.67. The molecule has 0 aliphatic heterocycles. The number of fused-ring (bicyclic) bond motifs is 1. The van der Waals surface area contributed by atoms with E-state index in [1.807, 2.05) is 12.1 Å². The Morgan fingerprint density at radius 2 is 1.78 bits per heavy atom. The maximum absolute atomic E-state index is 11.8. The molecule has 4 rings (SSSR count). The van der Waals surface area contributed by atoms with E-state index in [1.165, 1.54) is 21.3 Å². The van der Waals surface area contributed by atoms with Gasteiger partial charge in [0.2, 0.25) is 17.5 Å². The second-order valence-corrected chi connectivity index (χ2v) is 6.67. The smallest absolute Gasteiger partial charge is 0.337 e. The molecule has 0 aliphatic carbocycles. The van der Waals surface area contributed by atoms with E-state index < -0.39 is 4.92 Å². The van der Waals surface area contributed by atoms with E-state index in [0.717, 1.165) is 10.9 Å². The third kappa shape index (κ3) is 3.55. The SMILES string of the molecule is COc1cc(Nc2nc(N)c([N+](=O)[O-])c(-c3cccc4[nH]ccc34)n2)cc(OC)c1OC. The molecule has 11 nitrogen and oxygen atoms in total. The van der Waals surface area contributed by atoms with E-state index in [2.05, 4.69) is 20.3 Å². The summed E-state index contributed by atoms with van der Waals surface area (Å²) >= 11 is 0. The Morgan fingerprint density at radius 3 is 2.41 bits per heavy atom. The van der Waals surface area contributed by atoms with Crippen LogP contribution in [0.15, 0.2) is 42.6 Å². The number of H-pyrrole nitrogens is 1. The lowest BCUT2D eigenvalue weighted by Crippen LogP contribution is -2.07. The molecule has 0 spiro atoms. The third-order valence-corrected chi connectivity index (χ3v) is 4.86. The van der Waals surface area contributed by atoms with Crippen molar-refractivity contribution >= 4 is 34.0 Å². The molecular weight excluding hydrogens is 416 g/mol. The van der Waals surface area contributed by atoms with Gasteiger partial charge in [-0.25, -0.2) is 4.98 Å². The largest absolute Gasteiger partial charge is 0.493 e. The van der Waals surface area contributed by atoms with Gasteiger partial charge in [-0.2, -0.15) is 4.98 Å². The summed E-state index contributed by atoms with van der Waals surface area (Å²) in [5.41, 5.74) is 7.59. The summed E-state index contributed by atoms with van der Waals surface area (Å²) in [6.07, 6.45) is 1.75. The maximum atomic E-state index is 11.8. The number of hydrogen-bond donors (Lipinski definition) is 3. The van der Waals surface area contributed by atoms with Crippen LogP contribution in [-0.4, -0.2) is 41.2 Å². The minimum Gasteiger partial charge on any atom is -0.493 e. The topological polar surface area (TPSA) is 150 Å². The molecule has 32 heavy (non-hydrogen) atoms. The molecule has 0 aliphatic rings. The first-order chi connectivity index (χ1) is 15.5. The fraction of sp³-hybridized carbons (Fsp3) is 0.143. The van der Waals surface area contributed by atoms with Crippen molar-refractivity contribution in [2.45, 2.75) is 0 Å². The van der Waals surface area contributed by atoms with E-state index >= 15 is 0 Å². The van der Waals surface area contributed by atoms with E-state index in [1.54, 1.807) is 30.5 Å².